The van der Waals surface area contributed by atoms with Gasteiger partial charge in [0.15, 0.2) is 0 Å². The van der Waals surface area contributed by atoms with Crippen LogP contribution in [0, 0.1) is 0 Å². The zero-order valence-corrected chi connectivity index (χ0v) is 16.0. The maximum atomic E-state index is 12.6. The summed E-state index contributed by atoms with van der Waals surface area (Å²) in [6.07, 6.45) is -3.62. The lowest BCUT2D eigenvalue weighted by Crippen LogP contribution is -2.37. The fraction of sp³-hybridized carbons (Fsp3) is 0.188. The van der Waals surface area contributed by atoms with Crippen molar-refractivity contribution < 1.29 is 26.4 Å². The maximum absolute atomic E-state index is 12.6. The number of nitrogens with one attached hydrogen (secondary N) is 1. The lowest BCUT2D eigenvalue weighted by molar-refractivity contribution is -0.137. The lowest BCUT2D eigenvalue weighted by Gasteiger charge is -2.23. The molecule has 0 fully saturated rings. The molecule has 146 valence electrons. The summed E-state index contributed by atoms with van der Waals surface area (Å²) < 4.78 is 62.5. The predicted octanol–water partition coefficient (Wildman–Crippen LogP) is 4.42. The molecule has 27 heavy (non-hydrogen) atoms. The second kappa shape index (κ2) is 7.95. The SMILES string of the molecule is CS(=O)(=O)N(CC(=O)Nc1ccc(C(F)(F)F)cc1)c1cc(Cl)ccc1Cl. The monoisotopic (exact) mass is 440 g/mol. The number of hydrogen-bond donors (Lipinski definition) is 1. The van der Waals surface area contributed by atoms with E-state index in [1.807, 2.05) is 0 Å². The third kappa shape index (κ3) is 5.75. The van der Waals surface area contributed by atoms with Gasteiger partial charge in [0.1, 0.15) is 6.54 Å². The number of alkyl halides is 3. The number of anilines is 2. The molecule has 0 saturated heterocycles. The van der Waals surface area contributed by atoms with E-state index >= 15 is 0 Å². The van der Waals surface area contributed by atoms with Gasteiger partial charge in [0.2, 0.25) is 15.9 Å². The maximum Gasteiger partial charge on any atom is 0.416 e. The number of hydrogen-bond acceptors (Lipinski definition) is 3. The van der Waals surface area contributed by atoms with Crippen LogP contribution in [0.15, 0.2) is 42.5 Å². The molecule has 5 nitrogen and oxygen atoms in total. The fourth-order valence-electron chi connectivity index (χ4n) is 2.13. The highest BCUT2D eigenvalue weighted by molar-refractivity contribution is 7.92. The Bertz CT molecular complexity index is 948. The number of nitrogens with zero attached hydrogens (tertiary/aromatic N) is 1. The predicted molar refractivity (Wildman–Crippen MR) is 98.7 cm³/mol. The van der Waals surface area contributed by atoms with Crippen LogP contribution in [0.25, 0.3) is 0 Å². The number of halogens is 5. The molecule has 0 unspecified atom stereocenters. The molecule has 1 N–H and O–H groups in total. The molecule has 0 saturated carbocycles. The quantitative estimate of drug-likeness (QED) is 0.748. The summed E-state index contributed by atoms with van der Waals surface area (Å²) in [5, 5.41) is 2.61. The molecular weight excluding hydrogens is 428 g/mol. The van der Waals surface area contributed by atoms with Crippen molar-refractivity contribution in [3.63, 3.8) is 0 Å². The lowest BCUT2D eigenvalue weighted by atomic mass is 10.2. The van der Waals surface area contributed by atoms with Gasteiger partial charge in [0.25, 0.3) is 0 Å². The van der Waals surface area contributed by atoms with Crippen molar-refractivity contribution in [1.29, 1.82) is 0 Å². The first-order valence-corrected chi connectivity index (χ1v) is 9.88. The van der Waals surface area contributed by atoms with Crippen LogP contribution in [0.5, 0.6) is 0 Å². The van der Waals surface area contributed by atoms with Crippen LogP contribution in [0.2, 0.25) is 10.0 Å². The topological polar surface area (TPSA) is 66.5 Å². The van der Waals surface area contributed by atoms with Crippen LogP contribution >= 0.6 is 23.2 Å². The van der Waals surface area contributed by atoms with E-state index in [2.05, 4.69) is 5.32 Å². The van der Waals surface area contributed by atoms with E-state index in [4.69, 9.17) is 23.2 Å². The van der Waals surface area contributed by atoms with Crippen LogP contribution in [-0.2, 0) is 21.0 Å². The second-order valence-corrected chi connectivity index (χ2v) is 8.24. The minimum atomic E-state index is -4.50. The van der Waals surface area contributed by atoms with Gasteiger partial charge in [-0.05, 0) is 42.5 Å². The smallest absolute Gasteiger partial charge is 0.325 e. The van der Waals surface area contributed by atoms with E-state index in [0.29, 0.717) is 0 Å². The van der Waals surface area contributed by atoms with Crippen molar-refractivity contribution in [3.8, 4) is 0 Å². The molecule has 2 aromatic rings. The number of carbonyl (C=O) groups is 1. The molecule has 11 heteroatoms. The van der Waals surface area contributed by atoms with Crippen LogP contribution in [-0.4, -0.2) is 27.1 Å². The average molecular weight is 441 g/mol. The van der Waals surface area contributed by atoms with Crippen LogP contribution in [0.3, 0.4) is 0 Å². The minimum Gasteiger partial charge on any atom is -0.325 e. The van der Waals surface area contributed by atoms with Gasteiger partial charge in [-0.3, -0.25) is 9.10 Å². The highest BCUT2D eigenvalue weighted by Crippen LogP contribution is 2.31. The molecule has 0 aliphatic heterocycles. The Morgan fingerprint density at radius 3 is 2.22 bits per heavy atom. The van der Waals surface area contributed by atoms with Crippen molar-refractivity contribution in [1.82, 2.24) is 0 Å². The van der Waals surface area contributed by atoms with Gasteiger partial charge in [-0.1, -0.05) is 23.2 Å². The largest absolute Gasteiger partial charge is 0.416 e. The van der Waals surface area contributed by atoms with Crippen LogP contribution < -0.4 is 9.62 Å². The second-order valence-electron chi connectivity index (χ2n) is 5.49. The summed E-state index contributed by atoms with van der Waals surface area (Å²) in [4.78, 5) is 12.2. The summed E-state index contributed by atoms with van der Waals surface area (Å²) in [7, 11) is -3.89. The minimum absolute atomic E-state index is 0.00855. The van der Waals surface area contributed by atoms with Crippen molar-refractivity contribution in [3.05, 3.63) is 58.1 Å². The Labute approximate surface area is 163 Å². The molecule has 0 aliphatic carbocycles. The van der Waals surface area contributed by atoms with Gasteiger partial charge in [-0.15, -0.1) is 0 Å². The van der Waals surface area contributed by atoms with E-state index in [0.717, 1.165) is 34.8 Å². The zero-order valence-electron chi connectivity index (χ0n) is 13.7. The molecular formula is C16H13Cl2F3N2O3S. The Morgan fingerprint density at radius 2 is 1.70 bits per heavy atom. The van der Waals surface area contributed by atoms with Gasteiger partial charge in [0, 0.05) is 10.7 Å². The highest BCUT2D eigenvalue weighted by Gasteiger charge is 2.30. The van der Waals surface area contributed by atoms with Crippen molar-refractivity contribution >= 4 is 50.5 Å². The van der Waals surface area contributed by atoms with Gasteiger partial charge in [0.05, 0.1) is 22.5 Å². The molecule has 0 heterocycles. The van der Waals surface area contributed by atoms with E-state index in [1.54, 1.807) is 0 Å². The normalized spacial score (nSPS) is 11.9. The first kappa shape index (κ1) is 21.3. The third-order valence-corrected chi connectivity index (χ3v) is 5.04. The summed E-state index contributed by atoms with van der Waals surface area (Å²) in [5.41, 5.74) is -0.781. The van der Waals surface area contributed by atoms with Crippen LogP contribution in [0.1, 0.15) is 5.56 Å². The Kier molecular flexibility index (Phi) is 6.28. The van der Waals surface area contributed by atoms with Gasteiger partial charge < -0.3 is 5.32 Å². The standard InChI is InChI=1S/C16H13Cl2F3N2O3S/c1-27(25,26)23(14-8-11(17)4-7-13(14)18)9-15(24)22-12-5-2-10(3-6-12)16(19,20)21/h2-8H,9H2,1H3,(H,22,24). The number of amides is 1. The summed E-state index contributed by atoms with van der Waals surface area (Å²) >= 11 is 11.9. The number of sulfonamides is 1. The molecule has 2 aromatic carbocycles. The van der Waals surface area contributed by atoms with Crippen LogP contribution in [0.4, 0.5) is 24.5 Å². The number of rotatable bonds is 5. The molecule has 0 bridgehead atoms. The Hall–Kier alpha value is -1.97. The van der Waals surface area contributed by atoms with E-state index in [-0.39, 0.29) is 21.4 Å². The number of carbonyl (C=O) groups excluding carboxylic acids is 1. The van der Waals surface area contributed by atoms with Crippen molar-refractivity contribution in [2.24, 2.45) is 0 Å². The molecule has 1 amide bonds. The van der Waals surface area contributed by atoms with E-state index in [1.165, 1.54) is 18.2 Å². The van der Waals surface area contributed by atoms with Gasteiger partial charge in [-0.25, -0.2) is 8.42 Å². The van der Waals surface area contributed by atoms with E-state index in [9.17, 15) is 26.4 Å². The molecule has 0 aromatic heterocycles. The van der Waals surface area contributed by atoms with Gasteiger partial charge in [-0.2, -0.15) is 13.2 Å². The number of benzene rings is 2. The molecule has 0 aliphatic rings. The average Bonchev–Trinajstić information content (AvgIpc) is 2.54. The van der Waals surface area contributed by atoms with Gasteiger partial charge >= 0.3 is 6.18 Å². The Balaban J connectivity index is 2.21. The summed E-state index contributed by atoms with van der Waals surface area (Å²) in [6.45, 7) is -0.639. The highest BCUT2D eigenvalue weighted by atomic mass is 35.5. The molecule has 0 atom stereocenters. The first-order chi connectivity index (χ1) is 12.4. The third-order valence-electron chi connectivity index (χ3n) is 3.36. The summed E-state index contributed by atoms with van der Waals surface area (Å²) in [6, 6.07) is 7.86. The first-order valence-electron chi connectivity index (χ1n) is 7.28. The molecule has 0 spiro atoms. The summed E-state index contributed by atoms with van der Waals surface area (Å²) in [5.74, 6) is -0.767. The van der Waals surface area contributed by atoms with Crippen molar-refractivity contribution in [2.75, 3.05) is 22.4 Å². The Morgan fingerprint density at radius 1 is 1.11 bits per heavy atom. The fourth-order valence-corrected chi connectivity index (χ4v) is 3.43. The zero-order chi connectivity index (χ0) is 20.4. The van der Waals surface area contributed by atoms with Crippen molar-refractivity contribution in [2.45, 2.75) is 6.18 Å². The van der Waals surface area contributed by atoms with E-state index < -0.39 is 34.2 Å². The molecule has 2 rings (SSSR count). The molecule has 0 radical (unpaired) electrons.